The molecule has 0 nitrogen and oxygen atoms in total. The van der Waals surface area contributed by atoms with Crippen molar-refractivity contribution < 1.29 is 0 Å². The molecule has 174 valence electrons. The van der Waals surface area contributed by atoms with Gasteiger partial charge in [0.2, 0.25) is 0 Å². The second-order valence-corrected chi connectivity index (χ2v) is 14.0. The molecular weight excluding hydrogens is 360 g/mol. The van der Waals surface area contributed by atoms with Crippen LogP contribution >= 0.6 is 0 Å². The summed E-state index contributed by atoms with van der Waals surface area (Å²) in [4.78, 5) is 0. The average molecular weight is 415 g/mol. The van der Waals surface area contributed by atoms with Gasteiger partial charge in [0.15, 0.2) is 0 Å². The lowest BCUT2D eigenvalue weighted by Gasteiger charge is -2.66. The summed E-state index contributed by atoms with van der Waals surface area (Å²) in [5.74, 6) is 7.68. The first-order chi connectivity index (χ1) is 14.0. The standard InChI is InChI=1S/C30H54/c1-20(2)21(3)11-12-22(4)25-13-14-26-24-15-19-29(7)23(5)10-9-17-30(29,8)27(24)16-18-28(25,26)6/h20-27H,9-19H2,1-8H3/t21?,22-,23?,24+,25-,26+,27+,28-,29+,30-/m1/s1. The molecule has 0 N–H and O–H groups in total. The minimum absolute atomic E-state index is 0.610. The van der Waals surface area contributed by atoms with Crippen LogP contribution in [0.2, 0.25) is 0 Å². The summed E-state index contributed by atoms with van der Waals surface area (Å²) in [5, 5.41) is 0. The lowest BCUT2D eigenvalue weighted by molar-refractivity contribution is -0.173. The fourth-order valence-electron chi connectivity index (χ4n) is 10.1. The fraction of sp³-hybridized carbons (Fsp3) is 1.00. The highest BCUT2D eigenvalue weighted by molar-refractivity contribution is 5.13. The number of rotatable bonds is 5. The quantitative estimate of drug-likeness (QED) is 0.420. The Bertz CT molecular complexity index is 605. The molecule has 2 unspecified atom stereocenters. The number of fused-ring (bicyclic) bond motifs is 5. The van der Waals surface area contributed by atoms with Gasteiger partial charge in [-0.15, -0.1) is 0 Å². The molecule has 0 aromatic carbocycles. The van der Waals surface area contributed by atoms with E-state index in [1.54, 1.807) is 19.3 Å². The fourth-order valence-corrected chi connectivity index (χ4v) is 10.1. The summed E-state index contributed by atoms with van der Waals surface area (Å²) in [7, 11) is 0. The molecule has 4 fully saturated rings. The van der Waals surface area contributed by atoms with Gasteiger partial charge in [0, 0.05) is 0 Å². The maximum atomic E-state index is 2.76. The first-order valence-electron chi connectivity index (χ1n) is 14.0. The summed E-state index contributed by atoms with van der Waals surface area (Å²) in [6.07, 6.45) is 16.6. The molecule has 0 heteroatoms. The maximum absolute atomic E-state index is 2.76. The van der Waals surface area contributed by atoms with Gasteiger partial charge in [-0.25, -0.2) is 0 Å². The highest BCUT2D eigenvalue weighted by Crippen LogP contribution is 2.72. The van der Waals surface area contributed by atoms with Gasteiger partial charge in [-0.3, -0.25) is 0 Å². The molecule has 0 aromatic heterocycles. The molecule has 4 saturated carbocycles. The second-order valence-electron chi connectivity index (χ2n) is 14.0. The molecule has 30 heavy (non-hydrogen) atoms. The van der Waals surface area contributed by atoms with E-state index in [1.807, 2.05) is 0 Å². The van der Waals surface area contributed by atoms with Crippen molar-refractivity contribution in [1.82, 2.24) is 0 Å². The van der Waals surface area contributed by atoms with Crippen LogP contribution in [-0.2, 0) is 0 Å². The Balaban J connectivity index is 1.50. The molecule has 0 aliphatic heterocycles. The Morgan fingerprint density at radius 1 is 0.733 bits per heavy atom. The SMILES string of the molecule is CC(C)C(C)CC[C@@H](C)[C@H]1CC[C@H]2[C@@H]3CC[C@@]4(C)C(C)CCC[C@]4(C)[C@H]3CC[C@]12C. The zero-order valence-corrected chi connectivity index (χ0v) is 21.9. The van der Waals surface area contributed by atoms with Crippen LogP contribution in [0.4, 0.5) is 0 Å². The topological polar surface area (TPSA) is 0 Å². The van der Waals surface area contributed by atoms with Gasteiger partial charge in [-0.05, 0) is 109 Å². The van der Waals surface area contributed by atoms with Crippen LogP contribution < -0.4 is 0 Å². The van der Waals surface area contributed by atoms with E-state index in [4.69, 9.17) is 0 Å². The molecular formula is C30H54. The first kappa shape index (κ1) is 23.2. The van der Waals surface area contributed by atoms with Crippen molar-refractivity contribution in [2.24, 2.45) is 63.6 Å². The molecule has 0 bridgehead atoms. The molecule has 0 aromatic rings. The summed E-state index contributed by atoms with van der Waals surface area (Å²) in [6, 6.07) is 0. The number of hydrogen-bond acceptors (Lipinski definition) is 0. The first-order valence-corrected chi connectivity index (χ1v) is 14.0. The molecule has 0 heterocycles. The Kier molecular flexibility index (Phi) is 6.25. The second kappa shape index (κ2) is 8.09. The monoisotopic (exact) mass is 414 g/mol. The minimum atomic E-state index is 0.610. The third-order valence-corrected chi connectivity index (χ3v) is 13.0. The van der Waals surface area contributed by atoms with Gasteiger partial charge >= 0.3 is 0 Å². The van der Waals surface area contributed by atoms with Crippen LogP contribution in [0.25, 0.3) is 0 Å². The van der Waals surface area contributed by atoms with Crippen molar-refractivity contribution in [2.75, 3.05) is 0 Å². The van der Waals surface area contributed by atoms with Crippen LogP contribution in [-0.4, -0.2) is 0 Å². The van der Waals surface area contributed by atoms with E-state index in [9.17, 15) is 0 Å². The normalized spacial score (nSPS) is 50.5. The molecule has 0 spiro atoms. The molecule has 4 aliphatic rings. The predicted molar refractivity (Wildman–Crippen MR) is 131 cm³/mol. The van der Waals surface area contributed by atoms with Gasteiger partial charge in [-0.2, -0.15) is 0 Å². The third-order valence-electron chi connectivity index (χ3n) is 13.0. The van der Waals surface area contributed by atoms with E-state index >= 15 is 0 Å². The maximum Gasteiger partial charge on any atom is -0.0238 e. The molecule has 10 atom stereocenters. The Labute approximate surface area is 189 Å². The van der Waals surface area contributed by atoms with Gasteiger partial charge in [-0.1, -0.05) is 81.1 Å². The molecule has 0 amide bonds. The van der Waals surface area contributed by atoms with Crippen LogP contribution in [0.1, 0.15) is 126 Å². The van der Waals surface area contributed by atoms with E-state index in [2.05, 4.69) is 55.4 Å². The van der Waals surface area contributed by atoms with Crippen LogP contribution in [0.3, 0.4) is 0 Å². The van der Waals surface area contributed by atoms with Crippen LogP contribution in [0.5, 0.6) is 0 Å². The smallest absolute Gasteiger partial charge is 0.0238 e. The third kappa shape index (κ3) is 3.36. The van der Waals surface area contributed by atoms with E-state index < -0.39 is 0 Å². The highest BCUT2D eigenvalue weighted by atomic mass is 14.7. The van der Waals surface area contributed by atoms with Crippen molar-refractivity contribution >= 4 is 0 Å². The minimum Gasteiger partial charge on any atom is -0.0625 e. The zero-order valence-electron chi connectivity index (χ0n) is 21.9. The molecule has 4 rings (SSSR count). The van der Waals surface area contributed by atoms with Gasteiger partial charge in [0.1, 0.15) is 0 Å². The van der Waals surface area contributed by atoms with Crippen molar-refractivity contribution in [3.05, 3.63) is 0 Å². The van der Waals surface area contributed by atoms with Gasteiger partial charge in [0.05, 0.1) is 0 Å². The predicted octanol–water partition coefficient (Wildman–Crippen LogP) is 9.38. The average Bonchev–Trinajstić information content (AvgIpc) is 3.05. The Hall–Kier alpha value is 0. The Morgan fingerprint density at radius 2 is 1.47 bits per heavy atom. The summed E-state index contributed by atoms with van der Waals surface area (Å²) < 4.78 is 0. The van der Waals surface area contributed by atoms with Crippen LogP contribution in [0, 0.1) is 63.6 Å². The van der Waals surface area contributed by atoms with E-state index in [0.29, 0.717) is 16.2 Å². The van der Waals surface area contributed by atoms with Crippen molar-refractivity contribution in [1.29, 1.82) is 0 Å². The van der Waals surface area contributed by atoms with Crippen molar-refractivity contribution in [2.45, 2.75) is 126 Å². The van der Waals surface area contributed by atoms with E-state index in [0.717, 1.165) is 47.3 Å². The van der Waals surface area contributed by atoms with Gasteiger partial charge in [0.25, 0.3) is 0 Å². The van der Waals surface area contributed by atoms with Crippen molar-refractivity contribution in [3.8, 4) is 0 Å². The zero-order chi connectivity index (χ0) is 21.9. The summed E-state index contributed by atoms with van der Waals surface area (Å²) in [6.45, 7) is 20.7. The lowest BCUT2D eigenvalue weighted by Crippen LogP contribution is -2.59. The largest absolute Gasteiger partial charge is 0.0625 e. The lowest BCUT2D eigenvalue weighted by atomic mass is 9.38. The van der Waals surface area contributed by atoms with E-state index in [-0.39, 0.29) is 0 Å². The summed E-state index contributed by atoms with van der Waals surface area (Å²) in [5.41, 5.74) is 1.87. The van der Waals surface area contributed by atoms with Crippen LogP contribution in [0.15, 0.2) is 0 Å². The molecule has 0 radical (unpaired) electrons. The van der Waals surface area contributed by atoms with Gasteiger partial charge < -0.3 is 0 Å². The highest BCUT2D eigenvalue weighted by Gasteiger charge is 2.64. The summed E-state index contributed by atoms with van der Waals surface area (Å²) >= 11 is 0. The Morgan fingerprint density at radius 3 is 2.17 bits per heavy atom. The van der Waals surface area contributed by atoms with Crippen molar-refractivity contribution in [3.63, 3.8) is 0 Å². The molecule has 4 aliphatic carbocycles. The molecule has 0 saturated heterocycles. The number of hydrogen-bond donors (Lipinski definition) is 0. The van der Waals surface area contributed by atoms with E-state index in [1.165, 1.54) is 51.4 Å².